The molecule has 166 valence electrons. The Morgan fingerprint density at radius 3 is 2.12 bits per heavy atom. The maximum atomic E-state index is 12.6. The van der Waals surface area contributed by atoms with Crippen LogP contribution in [-0.4, -0.2) is 18.9 Å². The van der Waals surface area contributed by atoms with E-state index in [2.05, 4.69) is 20.8 Å². The molecule has 0 bridgehead atoms. The first-order valence-electron chi connectivity index (χ1n) is 10.4. The molecule has 5 heteroatoms. The van der Waals surface area contributed by atoms with Gasteiger partial charge in [0.05, 0.1) is 12.7 Å². The van der Waals surface area contributed by atoms with Crippen molar-refractivity contribution in [1.29, 1.82) is 5.26 Å². The van der Waals surface area contributed by atoms with Crippen LogP contribution in [0.15, 0.2) is 78.4 Å². The second-order valence-corrected chi connectivity index (χ2v) is 8.49. The van der Waals surface area contributed by atoms with Crippen LogP contribution in [0.4, 0.5) is 0 Å². The third kappa shape index (κ3) is 5.75. The molecule has 3 aromatic carbocycles. The first-order valence-corrected chi connectivity index (χ1v) is 10.4. The Bertz CT molecular complexity index is 1230. The average molecular weight is 440 g/mol. The molecule has 3 rings (SSSR count). The van der Waals surface area contributed by atoms with Gasteiger partial charge in [-0.15, -0.1) is 0 Å². The maximum Gasteiger partial charge on any atom is 0.343 e. The lowest BCUT2D eigenvalue weighted by molar-refractivity contribution is 0.0729. The van der Waals surface area contributed by atoms with Gasteiger partial charge < -0.3 is 9.47 Å². The Hall–Kier alpha value is -4.17. The van der Waals surface area contributed by atoms with Gasteiger partial charge in [-0.2, -0.15) is 5.26 Å². The van der Waals surface area contributed by atoms with Gasteiger partial charge in [-0.05, 0) is 46.9 Å². The lowest BCUT2D eigenvalue weighted by Gasteiger charge is -2.19. The molecule has 0 saturated heterocycles. The van der Waals surface area contributed by atoms with Crippen molar-refractivity contribution in [3.8, 4) is 17.6 Å². The van der Waals surface area contributed by atoms with E-state index >= 15 is 0 Å². The predicted molar refractivity (Wildman–Crippen MR) is 127 cm³/mol. The lowest BCUT2D eigenvalue weighted by Crippen LogP contribution is -2.13. The second-order valence-electron chi connectivity index (χ2n) is 8.49. The van der Waals surface area contributed by atoms with Gasteiger partial charge in [0.25, 0.3) is 0 Å². The molecule has 0 aliphatic rings. The Morgan fingerprint density at radius 1 is 0.879 bits per heavy atom. The topological polar surface area (TPSA) is 76.4 Å². The van der Waals surface area contributed by atoms with Crippen molar-refractivity contribution in [3.63, 3.8) is 0 Å². The second kappa shape index (κ2) is 9.97. The van der Waals surface area contributed by atoms with Crippen molar-refractivity contribution in [1.82, 2.24) is 0 Å². The Labute approximate surface area is 193 Å². The molecular formula is C28H25NO4. The molecule has 3 aromatic rings. The number of Topliss-reactive ketones (excluding diaryl/α,β-unsaturated/α-hetero) is 1. The Morgan fingerprint density at radius 2 is 1.55 bits per heavy atom. The molecule has 0 fully saturated rings. The smallest absolute Gasteiger partial charge is 0.343 e. The number of nitriles is 1. The Kier molecular flexibility index (Phi) is 7.10. The minimum Gasteiger partial charge on any atom is -0.493 e. The highest BCUT2D eigenvalue weighted by molar-refractivity contribution is 6.14. The van der Waals surface area contributed by atoms with Crippen molar-refractivity contribution < 1.29 is 19.1 Å². The van der Waals surface area contributed by atoms with Gasteiger partial charge in [-0.1, -0.05) is 69.3 Å². The van der Waals surface area contributed by atoms with E-state index in [0.29, 0.717) is 22.4 Å². The summed E-state index contributed by atoms with van der Waals surface area (Å²) in [6.07, 6.45) is 1.48. The molecule has 5 nitrogen and oxygen atoms in total. The van der Waals surface area contributed by atoms with Gasteiger partial charge in [-0.25, -0.2) is 4.79 Å². The standard InChI is InChI=1S/C28H25NO4/c1-28(2,3)23-13-11-21(12-14-23)27(31)33-24-15-10-19(17-25(24)32-4)16-22(18-29)26(30)20-8-6-5-7-9-20/h5-17H,1-4H3. The maximum absolute atomic E-state index is 12.6. The molecule has 0 aromatic heterocycles. The van der Waals surface area contributed by atoms with Crippen molar-refractivity contribution in [2.45, 2.75) is 26.2 Å². The number of hydrogen-bond acceptors (Lipinski definition) is 5. The van der Waals surface area contributed by atoms with Crippen LogP contribution in [0.1, 0.15) is 52.6 Å². The summed E-state index contributed by atoms with van der Waals surface area (Å²) in [7, 11) is 1.46. The first-order chi connectivity index (χ1) is 15.7. The zero-order valence-corrected chi connectivity index (χ0v) is 19.1. The molecule has 0 radical (unpaired) electrons. The van der Waals surface area contributed by atoms with Crippen LogP contribution in [-0.2, 0) is 5.41 Å². The molecule has 0 aliphatic carbocycles. The molecule has 0 saturated carbocycles. The number of rotatable bonds is 6. The summed E-state index contributed by atoms with van der Waals surface area (Å²) < 4.78 is 10.9. The van der Waals surface area contributed by atoms with Crippen LogP contribution >= 0.6 is 0 Å². The summed E-state index contributed by atoms with van der Waals surface area (Å²) >= 11 is 0. The number of esters is 1. The van der Waals surface area contributed by atoms with E-state index in [4.69, 9.17) is 9.47 Å². The third-order valence-electron chi connectivity index (χ3n) is 5.09. The molecule has 0 heterocycles. The van der Waals surface area contributed by atoms with Crippen molar-refractivity contribution in [2.24, 2.45) is 0 Å². The van der Waals surface area contributed by atoms with Crippen molar-refractivity contribution >= 4 is 17.8 Å². The summed E-state index contributed by atoms with van der Waals surface area (Å²) in [5, 5.41) is 9.48. The monoisotopic (exact) mass is 439 g/mol. The van der Waals surface area contributed by atoms with Crippen molar-refractivity contribution in [3.05, 3.63) is 101 Å². The first kappa shape index (κ1) is 23.5. The SMILES string of the molecule is COc1cc(C=C(C#N)C(=O)c2ccccc2)ccc1OC(=O)c1ccc(C(C)(C)C)cc1. The van der Waals surface area contributed by atoms with Crippen LogP contribution in [0.3, 0.4) is 0 Å². The van der Waals surface area contributed by atoms with Gasteiger partial charge in [0, 0.05) is 5.56 Å². The van der Waals surface area contributed by atoms with Crippen LogP contribution in [0.25, 0.3) is 6.08 Å². The van der Waals surface area contributed by atoms with E-state index in [-0.39, 0.29) is 22.5 Å². The molecule has 0 spiro atoms. The molecule has 0 N–H and O–H groups in total. The molecule has 0 aliphatic heterocycles. The van der Waals surface area contributed by atoms with E-state index in [1.165, 1.54) is 13.2 Å². The van der Waals surface area contributed by atoms with E-state index in [1.807, 2.05) is 18.2 Å². The summed E-state index contributed by atoms with van der Waals surface area (Å²) in [6.45, 7) is 6.31. The van der Waals surface area contributed by atoms with E-state index in [9.17, 15) is 14.9 Å². The highest BCUT2D eigenvalue weighted by Gasteiger charge is 2.17. The highest BCUT2D eigenvalue weighted by atomic mass is 16.6. The zero-order valence-electron chi connectivity index (χ0n) is 19.1. The zero-order chi connectivity index (χ0) is 24.0. The quantitative estimate of drug-likeness (QED) is 0.155. The van der Waals surface area contributed by atoms with Crippen molar-refractivity contribution in [2.75, 3.05) is 7.11 Å². The van der Waals surface area contributed by atoms with Gasteiger partial charge in [0.1, 0.15) is 11.6 Å². The summed E-state index contributed by atoms with van der Waals surface area (Å²) in [6, 6.07) is 22.7. The largest absolute Gasteiger partial charge is 0.493 e. The van der Waals surface area contributed by atoms with E-state index in [1.54, 1.807) is 60.7 Å². The number of benzene rings is 3. The predicted octanol–water partition coefficient (Wildman–Crippen LogP) is 6.00. The number of allylic oxidation sites excluding steroid dienone is 1. The molecule has 0 amide bonds. The summed E-state index contributed by atoms with van der Waals surface area (Å²) in [4.78, 5) is 25.2. The van der Waals surface area contributed by atoms with E-state index < -0.39 is 5.97 Å². The third-order valence-corrected chi connectivity index (χ3v) is 5.09. The van der Waals surface area contributed by atoms with Gasteiger partial charge in [-0.3, -0.25) is 4.79 Å². The number of carbonyl (C=O) groups is 2. The van der Waals surface area contributed by atoms with Gasteiger partial charge in [0.15, 0.2) is 11.5 Å². The van der Waals surface area contributed by atoms with Gasteiger partial charge in [0.2, 0.25) is 5.78 Å². The molecule has 0 atom stereocenters. The van der Waals surface area contributed by atoms with Crippen LogP contribution < -0.4 is 9.47 Å². The van der Waals surface area contributed by atoms with E-state index in [0.717, 1.165) is 5.56 Å². The summed E-state index contributed by atoms with van der Waals surface area (Å²) in [5.41, 5.74) is 2.52. The fourth-order valence-electron chi connectivity index (χ4n) is 3.18. The molecule has 0 unspecified atom stereocenters. The average Bonchev–Trinajstić information content (AvgIpc) is 2.82. The number of methoxy groups -OCH3 is 1. The molecular weight excluding hydrogens is 414 g/mol. The minimum atomic E-state index is -0.506. The number of hydrogen-bond donors (Lipinski definition) is 0. The van der Waals surface area contributed by atoms with Gasteiger partial charge >= 0.3 is 5.97 Å². The number of ether oxygens (including phenoxy) is 2. The normalized spacial score (nSPS) is 11.4. The van der Waals surface area contributed by atoms with Crippen LogP contribution in [0.5, 0.6) is 11.5 Å². The molecule has 33 heavy (non-hydrogen) atoms. The number of carbonyl (C=O) groups excluding carboxylic acids is 2. The minimum absolute atomic E-state index is 0.00747. The summed E-state index contributed by atoms with van der Waals surface area (Å²) in [5.74, 6) is -0.319. The lowest BCUT2D eigenvalue weighted by atomic mass is 9.87. The fraction of sp³-hybridized carbons (Fsp3) is 0.179. The number of nitrogens with zero attached hydrogens (tertiary/aromatic N) is 1. The van der Waals surface area contributed by atoms with Crippen LogP contribution in [0.2, 0.25) is 0 Å². The Balaban J connectivity index is 1.82. The highest BCUT2D eigenvalue weighted by Crippen LogP contribution is 2.30. The van der Waals surface area contributed by atoms with Crippen LogP contribution in [0, 0.1) is 11.3 Å². The fourth-order valence-corrected chi connectivity index (χ4v) is 3.18. The number of ketones is 1.